The van der Waals surface area contributed by atoms with Crippen molar-refractivity contribution < 1.29 is 14.2 Å². The number of benzene rings is 1. The molecule has 0 amide bonds. The van der Waals surface area contributed by atoms with Gasteiger partial charge in [0.25, 0.3) is 0 Å². The lowest BCUT2D eigenvalue weighted by Crippen LogP contribution is -2.35. The van der Waals surface area contributed by atoms with Gasteiger partial charge in [0.2, 0.25) is 0 Å². The maximum Gasteiger partial charge on any atom is 0.129 e. The summed E-state index contributed by atoms with van der Waals surface area (Å²) < 4.78 is 19.2. The first-order valence-corrected chi connectivity index (χ1v) is 6.97. The third-order valence-corrected chi connectivity index (χ3v) is 3.63. The predicted molar refractivity (Wildman–Crippen MR) is 72.4 cm³/mol. The van der Waals surface area contributed by atoms with Crippen LogP contribution in [0.15, 0.2) is 24.3 Å². The van der Waals surface area contributed by atoms with Crippen LogP contribution < -0.4 is 0 Å². The molecule has 1 aliphatic rings. The maximum atomic E-state index is 13.6. The summed E-state index contributed by atoms with van der Waals surface area (Å²) in [7, 11) is 0. The van der Waals surface area contributed by atoms with Crippen LogP contribution in [0.25, 0.3) is 0 Å². The van der Waals surface area contributed by atoms with E-state index in [-0.39, 0.29) is 11.9 Å². The second-order valence-electron chi connectivity index (χ2n) is 5.02. The molecule has 4 heteroatoms. The Balaban J connectivity index is 1.92. The number of rotatable bonds is 6. The largest absolute Gasteiger partial charge is 0.387 e. The van der Waals surface area contributed by atoms with Gasteiger partial charge in [-0.25, -0.2) is 4.39 Å². The van der Waals surface area contributed by atoms with E-state index in [9.17, 15) is 9.50 Å². The lowest BCUT2D eigenvalue weighted by molar-refractivity contribution is 0.0508. The molecular weight excluding hydrogens is 245 g/mol. The average molecular weight is 267 g/mol. The SMILES string of the molecule is CCN(CC1CCCO1)CC(O)c1ccccc1F. The molecule has 1 saturated heterocycles. The summed E-state index contributed by atoms with van der Waals surface area (Å²) in [5.74, 6) is -0.344. The van der Waals surface area contributed by atoms with E-state index in [4.69, 9.17) is 4.74 Å². The van der Waals surface area contributed by atoms with Crippen molar-refractivity contribution in [2.45, 2.75) is 32.0 Å². The number of nitrogens with zero attached hydrogens (tertiary/aromatic N) is 1. The molecule has 0 radical (unpaired) electrons. The van der Waals surface area contributed by atoms with Gasteiger partial charge in [0.1, 0.15) is 5.82 Å². The fourth-order valence-corrected chi connectivity index (χ4v) is 2.50. The molecule has 2 atom stereocenters. The molecule has 2 unspecified atom stereocenters. The van der Waals surface area contributed by atoms with Crippen LogP contribution >= 0.6 is 0 Å². The van der Waals surface area contributed by atoms with E-state index in [0.29, 0.717) is 12.1 Å². The highest BCUT2D eigenvalue weighted by Gasteiger charge is 2.21. The molecule has 1 N–H and O–H groups in total. The summed E-state index contributed by atoms with van der Waals surface area (Å²) >= 11 is 0. The van der Waals surface area contributed by atoms with Gasteiger partial charge in [-0.05, 0) is 25.5 Å². The highest BCUT2D eigenvalue weighted by atomic mass is 19.1. The molecule has 3 nitrogen and oxygen atoms in total. The van der Waals surface area contributed by atoms with Crippen molar-refractivity contribution in [2.24, 2.45) is 0 Å². The third-order valence-electron chi connectivity index (χ3n) is 3.63. The molecule has 1 fully saturated rings. The molecule has 2 rings (SSSR count). The topological polar surface area (TPSA) is 32.7 Å². The van der Waals surface area contributed by atoms with Crippen molar-refractivity contribution in [3.05, 3.63) is 35.6 Å². The fraction of sp³-hybridized carbons (Fsp3) is 0.600. The lowest BCUT2D eigenvalue weighted by Gasteiger charge is -2.26. The lowest BCUT2D eigenvalue weighted by atomic mass is 10.1. The molecule has 0 saturated carbocycles. The van der Waals surface area contributed by atoms with E-state index < -0.39 is 6.10 Å². The Bertz CT molecular complexity index is 393. The minimum Gasteiger partial charge on any atom is -0.387 e. The Hall–Kier alpha value is -0.970. The Kier molecular flexibility index (Phi) is 5.31. The molecule has 0 aromatic heterocycles. The minimum absolute atomic E-state index is 0.257. The van der Waals surface area contributed by atoms with Crippen molar-refractivity contribution >= 4 is 0 Å². The van der Waals surface area contributed by atoms with E-state index in [2.05, 4.69) is 4.90 Å². The first kappa shape index (κ1) is 14.4. The summed E-state index contributed by atoms with van der Waals surface area (Å²) in [5, 5.41) is 10.2. The molecule has 1 aliphatic heterocycles. The monoisotopic (exact) mass is 267 g/mol. The highest BCUT2D eigenvalue weighted by molar-refractivity contribution is 5.20. The van der Waals surface area contributed by atoms with Crippen LogP contribution in [-0.4, -0.2) is 42.4 Å². The van der Waals surface area contributed by atoms with Gasteiger partial charge in [-0.1, -0.05) is 25.1 Å². The molecular formula is C15H22FNO2. The number of ether oxygens (including phenoxy) is 1. The smallest absolute Gasteiger partial charge is 0.129 e. The highest BCUT2D eigenvalue weighted by Crippen LogP contribution is 2.19. The summed E-state index contributed by atoms with van der Waals surface area (Å²) in [6.07, 6.45) is 1.65. The van der Waals surface area contributed by atoms with Crippen molar-refractivity contribution in [3.63, 3.8) is 0 Å². The van der Waals surface area contributed by atoms with E-state index in [1.54, 1.807) is 18.2 Å². The molecule has 1 heterocycles. The summed E-state index contributed by atoms with van der Waals surface area (Å²) in [4.78, 5) is 2.12. The average Bonchev–Trinajstić information content (AvgIpc) is 2.91. The molecule has 1 aromatic carbocycles. The van der Waals surface area contributed by atoms with Crippen molar-refractivity contribution in [3.8, 4) is 0 Å². The van der Waals surface area contributed by atoms with Gasteiger partial charge in [0.05, 0.1) is 12.2 Å². The molecule has 0 aliphatic carbocycles. The van der Waals surface area contributed by atoms with Crippen LogP contribution in [0, 0.1) is 5.82 Å². The first-order valence-electron chi connectivity index (χ1n) is 6.97. The Morgan fingerprint density at radius 1 is 1.47 bits per heavy atom. The van der Waals surface area contributed by atoms with Crippen LogP contribution in [0.1, 0.15) is 31.4 Å². The normalized spacial score (nSPS) is 20.9. The number of aliphatic hydroxyl groups excluding tert-OH is 1. The first-order chi connectivity index (χ1) is 9.20. The van der Waals surface area contributed by atoms with Crippen LogP contribution in [0.4, 0.5) is 4.39 Å². The number of hydrogen-bond acceptors (Lipinski definition) is 3. The molecule has 106 valence electrons. The minimum atomic E-state index is -0.789. The quantitative estimate of drug-likeness (QED) is 0.859. The molecule has 19 heavy (non-hydrogen) atoms. The van der Waals surface area contributed by atoms with Gasteiger partial charge in [-0.2, -0.15) is 0 Å². The van der Waals surface area contributed by atoms with Crippen LogP contribution in [-0.2, 0) is 4.74 Å². The number of likely N-dealkylation sites (N-methyl/N-ethyl adjacent to an activating group) is 1. The Morgan fingerprint density at radius 3 is 2.89 bits per heavy atom. The Labute approximate surface area is 114 Å². The fourth-order valence-electron chi connectivity index (χ4n) is 2.50. The number of hydrogen-bond donors (Lipinski definition) is 1. The van der Waals surface area contributed by atoms with E-state index in [0.717, 1.165) is 32.5 Å². The summed E-state index contributed by atoms with van der Waals surface area (Å²) in [6, 6.07) is 6.41. The summed E-state index contributed by atoms with van der Waals surface area (Å²) in [6.45, 7) is 4.95. The summed E-state index contributed by atoms with van der Waals surface area (Å²) in [5.41, 5.74) is 0.369. The standard InChI is InChI=1S/C15H22FNO2/c1-2-17(10-12-6-5-9-19-12)11-15(18)13-7-3-4-8-14(13)16/h3-4,7-8,12,15,18H,2,5-6,9-11H2,1H3. The predicted octanol–water partition coefficient (Wildman–Crippen LogP) is 2.36. The number of aliphatic hydroxyl groups is 1. The van der Waals surface area contributed by atoms with Crippen LogP contribution in [0.2, 0.25) is 0 Å². The second kappa shape index (κ2) is 6.98. The van der Waals surface area contributed by atoms with E-state index in [1.807, 2.05) is 6.92 Å². The van der Waals surface area contributed by atoms with Gasteiger partial charge in [0, 0.05) is 25.3 Å². The van der Waals surface area contributed by atoms with Gasteiger partial charge in [-0.3, -0.25) is 4.90 Å². The van der Waals surface area contributed by atoms with Crippen LogP contribution in [0.5, 0.6) is 0 Å². The number of halogens is 1. The zero-order valence-electron chi connectivity index (χ0n) is 11.4. The second-order valence-corrected chi connectivity index (χ2v) is 5.02. The van der Waals surface area contributed by atoms with Crippen molar-refractivity contribution in [1.82, 2.24) is 4.90 Å². The third kappa shape index (κ3) is 4.00. The Morgan fingerprint density at radius 2 is 2.26 bits per heavy atom. The van der Waals surface area contributed by atoms with Crippen molar-refractivity contribution in [2.75, 3.05) is 26.2 Å². The van der Waals surface area contributed by atoms with Gasteiger partial charge < -0.3 is 9.84 Å². The maximum absolute atomic E-state index is 13.6. The molecule has 0 bridgehead atoms. The van der Waals surface area contributed by atoms with Gasteiger partial charge in [-0.15, -0.1) is 0 Å². The zero-order valence-corrected chi connectivity index (χ0v) is 11.4. The van der Waals surface area contributed by atoms with Crippen LogP contribution in [0.3, 0.4) is 0 Å². The van der Waals surface area contributed by atoms with Gasteiger partial charge >= 0.3 is 0 Å². The van der Waals surface area contributed by atoms with E-state index >= 15 is 0 Å². The van der Waals surface area contributed by atoms with Crippen molar-refractivity contribution in [1.29, 1.82) is 0 Å². The molecule has 1 aromatic rings. The molecule has 0 spiro atoms. The van der Waals surface area contributed by atoms with E-state index in [1.165, 1.54) is 6.07 Å². The zero-order chi connectivity index (χ0) is 13.7. The van der Waals surface area contributed by atoms with Gasteiger partial charge in [0.15, 0.2) is 0 Å².